The number of hydrogen-bond donors (Lipinski definition) is 1. The van der Waals surface area contributed by atoms with Crippen LogP contribution in [-0.4, -0.2) is 13.7 Å². The summed E-state index contributed by atoms with van der Waals surface area (Å²) in [6, 6.07) is 12.0. The van der Waals surface area contributed by atoms with Gasteiger partial charge in [0, 0.05) is 5.56 Å². The maximum Gasteiger partial charge on any atom is 0.125 e. The topological polar surface area (TPSA) is 34.4 Å². The molecule has 0 aliphatic carbocycles. The summed E-state index contributed by atoms with van der Waals surface area (Å²) in [7, 11) is 1.69. The molecule has 2 aromatic rings. The molecular formula is C15H19NO2. The van der Waals surface area contributed by atoms with E-state index in [-0.39, 0.29) is 6.04 Å². The van der Waals surface area contributed by atoms with Crippen molar-refractivity contribution >= 4 is 0 Å². The molecule has 1 atom stereocenters. The summed E-state index contributed by atoms with van der Waals surface area (Å²) in [6.07, 6.45) is 0. The van der Waals surface area contributed by atoms with Crippen molar-refractivity contribution < 1.29 is 9.15 Å². The zero-order valence-corrected chi connectivity index (χ0v) is 11.1. The highest BCUT2D eigenvalue weighted by Crippen LogP contribution is 2.30. The van der Waals surface area contributed by atoms with Crippen LogP contribution >= 0.6 is 0 Å². The van der Waals surface area contributed by atoms with Gasteiger partial charge in [0.25, 0.3) is 0 Å². The number of ether oxygens (including phenoxy) is 1. The van der Waals surface area contributed by atoms with Crippen molar-refractivity contribution in [3.8, 4) is 5.75 Å². The molecule has 1 aromatic carbocycles. The van der Waals surface area contributed by atoms with Gasteiger partial charge >= 0.3 is 0 Å². The first-order valence-corrected chi connectivity index (χ1v) is 6.19. The van der Waals surface area contributed by atoms with Gasteiger partial charge in [-0.3, -0.25) is 0 Å². The maximum atomic E-state index is 5.73. The fourth-order valence-electron chi connectivity index (χ4n) is 2.08. The van der Waals surface area contributed by atoms with E-state index in [0.717, 1.165) is 29.4 Å². The highest BCUT2D eigenvalue weighted by molar-refractivity contribution is 5.39. The second kappa shape index (κ2) is 5.74. The molecule has 18 heavy (non-hydrogen) atoms. The third-order valence-corrected chi connectivity index (χ3v) is 2.90. The number of methoxy groups -OCH3 is 1. The van der Waals surface area contributed by atoms with Gasteiger partial charge in [-0.1, -0.05) is 25.1 Å². The molecular weight excluding hydrogens is 226 g/mol. The molecule has 3 nitrogen and oxygen atoms in total. The van der Waals surface area contributed by atoms with Gasteiger partial charge in [-0.2, -0.15) is 0 Å². The van der Waals surface area contributed by atoms with Gasteiger partial charge < -0.3 is 14.5 Å². The van der Waals surface area contributed by atoms with Crippen molar-refractivity contribution in [3.05, 3.63) is 53.5 Å². The lowest BCUT2D eigenvalue weighted by Gasteiger charge is -2.18. The standard InChI is InChI=1S/C15H19NO2/c1-4-16-15(14-10-9-11(2)18-14)12-7-5-6-8-13(12)17-3/h5-10,15-16H,4H2,1-3H3. The summed E-state index contributed by atoms with van der Waals surface area (Å²) >= 11 is 0. The fourth-order valence-corrected chi connectivity index (χ4v) is 2.08. The Morgan fingerprint density at radius 3 is 2.61 bits per heavy atom. The quantitative estimate of drug-likeness (QED) is 0.877. The van der Waals surface area contributed by atoms with Crippen LogP contribution in [0.25, 0.3) is 0 Å². The van der Waals surface area contributed by atoms with Gasteiger partial charge in [0.2, 0.25) is 0 Å². The van der Waals surface area contributed by atoms with Crippen LogP contribution in [0.3, 0.4) is 0 Å². The van der Waals surface area contributed by atoms with Gasteiger partial charge in [-0.05, 0) is 31.7 Å². The van der Waals surface area contributed by atoms with E-state index in [1.807, 2.05) is 37.3 Å². The molecule has 96 valence electrons. The summed E-state index contributed by atoms with van der Waals surface area (Å²) < 4.78 is 11.2. The molecule has 0 aliphatic rings. The van der Waals surface area contributed by atoms with E-state index >= 15 is 0 Å². The van der Waals surface area contributed by atoms with Gasteiger partial charge in [-0.15, -0.1) is 0 Å². The first-order valence-electron chi connectivity index (χ1n) is 6.19. The van der Waals surface area contributed by atoms with Crippen molar-refractivity contribution in [1.29, 1.82) is 0 Å². The Balaban J connectivity index is 2.41. The molecule has 3 heteroatoms. The maximum absolute atomic E-state index is 5.73. The minimum absolute atomic E-state index is 0.0276. The zero-order valence-electron chi connectivity index (χ0n) is 11.1. The molecule has 1 aromatic heterocycles. The van der Waals surface area contributed by atoms with E-state index in [1.165, 1.54) is 0 Å². The lowest BCUT2D eigenvalue weighted by atomic mass is 10.0. The third-order valence-electron chi connectivity index (χ3n) is 2.90. The predicted molar refractivity (Wildman–Crippen MR) is 72.0 cm³/mol. The van der Waals surface area contributed by atoms with Crippen LogP contribution in [-0.2, 0) is 0 Å². The van der Waals surface area contributed by atoms with Crippen LogP contribution in [0.15, 0.2) is 40.8 Å². The molecule has 0 radical (unpaired) electrons. The molecule has 1 N–H and O–H groups in total. The van der Waals surface area contributed by atoms with Gasteiger partial charge in [0.1, 0.15) is 17.3 Å². The van der Waals surface area contributed by atoms with Gasteiger partial charge in [0.05, 0.1) is 13.2 Å². The van der Waals surface area contributed by atoms with Crippen LogP contribution in [0, 0.1) is 6.92 Å². The lowest BCUT2D eigenvalue weighted by molar-refractivity contribution is 0.390. The van der Waals surface area contributed by atoms with Crippen LogP contribution in [0.2, 0.25) is 0 Å². The Morgan fingerprint density at radius 1 is 1.22 bits per heavy atom. The number of aryl methyl sites for hydroxylation is 1. The highest BCUT2D eigenvalue weighted by atomic mass is 16.5. The van der Waals surface area contributed by atoms with Crippen molar-refractivity contribution in [3.63, 3.8) is 0 Å². The van der Waals surface area contributed by atoms with Gasteiger partial charge in [-0.25, -0.2) is 0 Å². The molecule has 0 spiro atoms. The van der Waals surface area contributed by atoms with Crippen LogP contribution in [0.5, 0.6) is 5.75 Å². The number of hydrogen-bond acceptors (Lipinski definition) is 3. The molecule has 0 amide bonds. The Morgan fingerprint density at radius 2 is 2.00 bits per heavy atom. The van der Waals surface area contributed by atoms with Crippen molar-refractivity contribution in [2.45, 2.75) is 19.9 Å². The van der Waals surface area contributed by atoms with E-state index < -0.39 is 0 Å². The smallest absolute Gasteiger partial charge is 0.125 e. The van der Waals surface area contributed by atoms with Crippen molar-refractivity contribution in [2.75, 3.05) is 13.7 Å². The number of nitrogens with one attached hydrogen (secondary N) is 1. The number of benzene rings is 1. The van der Waals surface area contributed by atoms with E-state index in [9.17, 15) is 0 Å². The largest absolute Gasteiger partial charge is 0.496 e. The zero-order chi connectivity index (χ0) is 13.0. The Bertz CT molecular complexity index is 505. The average molecular weight is 245 g/mol. The Kier molecular flexibility index (Phi) is 4.05. The first kappa shape index (κ1) is 12.7. The average Bonchev–Trinajstić information content (AvgIpc) is 2.82. The second-order valence-electron chi connectivity index (χ2n) is 4.18. The van der Waals surface area contributed by atoms with Crippen molar-refractivity contribution in [2.24, 2.45) is 0 Å². The monoisotopic (exact) mass is 245 g/mol. The fraction of sp³-hybridized carbons (Fsp3) is 0.333. The third kappa shape index (κ3) is 2.57. The molecule has 2 rings (SSSR count). The summed E-state index contributed by atoms with van der Waals surface area (Å²) in [6.45, 7) is 4.90. The molecule has 0 bridgehead atoms. The molecule has 1 heterocycles. The predicted octanol–water partition coefficient (Wildman–Crippen LogP) is 3.30. The summed E-state index contributed by atoms with van der Waals surface area (Å²) in [5.41, 5.74) is 1.09. The minimum Gasteiger partial charge on any atom is -0.496 e. The summed E-state index contributed by atoms with van der Waals surface area (Å²) in [5.74, 6) is 2.71. The lowest BCUT2D eigenvalue weighted by Crippen LogP contribution is -2.22. The molecule has 0 aliphatic heterocycles. The Labute approximate surface area is 108 Å². The SMILES string of the molecule is CCNC(c1ccc(C)o1)c1ccccc1OC. The minimum atomic E-state index is 0.0276. The number of furan rings is 1. The first-order chi connectivity index (χ1) is 8.76. The van der Waals surface area contributed by atoms with Crippen LogP contribution < -0.4 is 10.1 Å². The highest BCUT2D eigenvalue weighted by Gasteiger charge is 2.19. The van der Waals surface area contributed by atoms with E-state index in [2.05, 4.69) is 18.3 Å². The number of rotatable bonds is 5. The number of para-hydroxylation sites is 1. The Hall–Kier alpha value is -1.74. The summed E-state index contributed by atoms with van der Waals surface area (Å²) in [5, 5.41) is 3.43. The van der Waals surface area contributed by atoms with Crippen LogP contribution in [0.1, 0.15) is 30.0 Å². The second-order valence-corrected chi connectivity index (χ2v) is 4.18. The van der Waals surface area contributed by atoms with Gasteiger partial charge in [0.15, 0.2) is 0 Å². The van der Waals surface area contributed by atoms with Crippen LogP contribution in [0.4, 0.5) is 0 Å². The van der Waals surface area contributed by atoms with E-state index in [0.29, 0.717) is 0 Å². The van der Waals surface area contributed by atoms with Crippen molar-refractivity contribution in [1.82, 2.24) is 5.32 Å². The molecule has 0 saturated carbocycles. The molecule has 0 fully saturated rings. The van der Waals surface area contributed by atoms with E-state index in [4.69, 9.17) is 9.15 Å². The molecule has 1 unspecified atom stereocenters. The normalized spacial score (nSPS) is 12.4. The summed E-state index contributed by atoms with van der Waals surface area (Å²) in [4.78, 5) is 0. The molecule has 0 saturated heterocycles. The van der Waals surface area contributed by atoms with E-state index in [1.54, 1.807) is 7.11 Å².